The SMILES string of the molecule is CCC1CCCC(NC(=O)C2CCCC(N)C2)C1. The first-order chi connectivity index (χ1) is 8.69. The van der Waals surface area contributed by atoms with Crippen molar-refractivity contribution in [3.8, 4) is 0 Å². The van der Waals surface area contributed by atoms with Gasteiger partial charge in [-0.2, -0.15) is 0 Å². The molecule has 2 aliphatic carbocycles. The van der Waals surface area contributed by atoms with E-state index in [1.807, 2.05) is 0 Å². The highest BCUT2D eigenvalue weighted by atomic mass is 16.1. The van der Waals surface area contributed by atoms with Crippen molar-refractivity contribution in [2.75, 3.05) is 0 Å². The molecule has 3 nitrogen and oxygen atoms in total. The van der Waals surface area contributed by atoms with Crippen LogP contribution in [0.5, 0.6) is 0 Å². The van der Waals surface area contributed by atoms with Crippen LogP contribution in [0, 0.1) is 11.8 Å². The van der Waals surface area contributed by atoms with Crippen LogP contribution < -0.4 is 11.1 Å². The van der Waals surface area contributed by atoms with E-state index in [0.29, 0.717) is 6.04 Å². The van der Waals surface area contributed by atoms with E-state index in [9.17, 15) is 4.79 Å². The summed E-state index contributed by atoms with van der Waals surface area (Å²) >= 11 is 0. The Morgan fingerprint density at radius 2 is 1.94 bits per heavy atom. The molecule has 0 aromatic heterocycles. The highest BCUT2D eigenvalue weighted by Gasteiger charge is 2.28. The standard InChI is InChI=1S/C15H28N2O/c1-2-11-5-3-8-14(9-11)17-15(18)12-6-4-7-13(16)10-12/h11-14H,2-10,16H2,1H3,(H,17,18). The van der Waals surface area contributed by atoms with Crippen LogP contribution in [0.2, 0.25) is 0 Å². The van der Waals surface area contributed by atoms with Crippen LogP contribution in [0.4, 0.5) is 0 Å². The zero-order chi connectivity index (χ0) is 13.0. The van der Waals surface area contributed by atoms with Crippen molar-refractivity contribution >= 4 is 5.91 Å². The summed E-state index contributed by atoms with van der Waals surface area (Å²) < 4.78 is 0. The van der Waals surface area contributed by atoms with Crippen LogP contribution in [0.1, 0.15) is 64.7 Å². The Hall–Kier alpha value is -0.570. The molecule has 0 spiro atoms. The lowest BCUT2D eigenvalue weighted by Crippen LogP contribution is -2.44. The first-order valence-corrected chi connectivity index (χ1v) is 7.75. The number of nitrogens with one attached hydrogen (secondary N) is 1. The monoisotopic (exact) mass is 252 g/mol. The smallest absolute Gasteiger partial charge is 0.223 e. The number of rotatable bonds is 3. The minimum absolute atomic E-state index is 0.177. The van der Waals surface area contributed by atoms with Gasteiger partial charge in [0.15, 0.2) is 0 Å². The number of carbonyl (C=O) groups excluding carboxylic acids is 1. The number of nitrogens with two attached hydrogens (primary N) is 1. The Morgan fingerprint density at radius 1 is 1.17 bits per heavy atom. The molecule has 2 fully saturated rings. The summed E-state index contributed by atoms with van der Waals surface area (Å²) in [4.78, 5) is 12.2. The van der Waals surface area contributed by atoms with Crippen LogP contribution in [-0.4, -0.2) is 18.0 Å². The van der Waals surface area contributed by atoms with E-state index in [1.165, 1.54) is 32.1 Å². The fraction of sp³-hybridized carbons (Fsp3) is 0.933. The van der Waals surface area contributed by atoms with Gasteiger partial charge in [0.1, 0.15) is 0 Å². The van der Waals surface area contributed by atoms with Gasteiger partial charge in [-0.05, 0) is 38.0 Å². The summed E-state index contributed by atoms with van der Waals surface area (Å²) in [5.74, 6) is 1.26. The molecular formula is C15H28N2O. The van der Waals surface area contributed by atoms with Gasteiger partial charge >= 0.3 is 0 Å². The van der Waals surface area contributed by atoms with Crippen LogP contribution >= 0.6 is 0 Å². The van der Waals surface area contributed by atoms with Gasteiger partial charge in [0.2, 0.25) is 5.91 Å². The summed E-state index contributed by atoms with van der Waals surface area (Å²) in [5, 5.41) is 3.28. The Balaban J connectivity index is 1.79. The van der Waals surface area contributed by atoms with Gasteiger partial charge < -0.3 is 11.1 Å². The largest absolute Gasteiger partial charge is 0.353 e. The maximum atomic E-state index is 12.2. The number of hydrogen-bond acceptors (Lipinski definition) is 2. The molecule has 0 saturated heterocycles. The second-order valence-corrected chi connectivity index (χ2v) is 6.27. The molecule has 0 aliphatic heterocycles. The minimum atomic E-state index is 0.177. The second-order valence-electron chi connectivity index (χ2n) is 6.27. The van der Waals surface area contributed by atoms with Crippen molar-refractivity contribution in [1.29, 1.82) is 0 Å². The predicted molar refractivity (Wildman–Crippen MR) is 74.1 cm³/mol. The molecule has 0 aromatic rings. The Morgan fingerprint density at radius 3 is 2.67 bits per heavy atom. The van der Waals surface area contributed by atoms with Gasteiger partial charge in [0.05, 0.1) is 0 Å². The molecule has 2 aliphatic rings. The lowest BCUT2D eigenvalue weighted by atomic mass is 9.82. The van der Waals surface area contributed by atoms with E-state index in [2.05, 4.69) is 12.2 Å². The van der Waals surface area contributed by atoms with E-state index in [0.717, 1.165) is 31.6 Å². The molecule has 0 radical (unpaired) electrons. The van der Waals surface area contributed by atoms with E-state index in [4.69, 9.17) is 5.73 Å². The normalized spacial score (nSPS) is 37.2. The summed E-state index contributed by atoms with van der Waals surface area (Å²) in [5.41, 5.74) is 5.96. The topological polar surface area (TPSA) is 55.1 Å². The lowest BCUT2D eigenvalue weighted by molar-refractivity contribution is -0.127. The minimum Gasteiger partial charge on any atom is -0.353 e. The van der Waals surface area contributed by atoms with Crippen LogP contribution in [0.25, 0.3) is 0 Å². The predicted octanol–water partition coefficient (Wildman–Crippen LogP) is 2.59. The van der Waals surface area contributed by atoms with Gasteiger partial charge in [-0.1, -0.05) is 32.6 Å². The Bertz CT molecular complexity index is 280. The van der Waals surface area contributed by atoms with Crippen molar-refractivity contribution in [3.05, 3.63) is 0 Å². The molecule has 104 valence electrons. The Kier molecular flexibility index (Phi) is 5.04. The molecule has 3 N–H and O–H groups in total. The zero-order valence-corrected chi connectivity index (χ0v) is 11.7. The average Bonchev–Trinajstić information content (AvgIpc) is 2.39. The maximum absolute atomic E-state index is 12.2. The Labute approximate surface area is 111 Å². The fourth-order valence-electron chi connectivity index (χ4n) is 3.58. The molecule has 2 rings (SSSR count). The van der Waals surface area contributed by atoms with Gasteiger partial charge in [-0.25, -0.2) is 0 Å². The van der Waals surface area contributed by atoms with Crippen molar-refractivity contribution in [1.82, 2.24) is 5.32 Å². The van der Waals surface area contributed by atoms with E-state index in [-0.39, 0.29) is 17.9 Å². The summed E-state index contributed by atoms with van der Waals surface area (Å²) in [6, 6.07) is 0.665. The molecule has 0 bridgehead atoms. The van der Waals surface area contributed by atoms with E-state index < -0.39 is 0 Å². The summed E-state index contributed by atoms with van der Waals surface area (Å²) in [7, 11) is 0. The van der Waals surface area contributed by atoms with Gasteiger partial charge in [0, 0.05) is 18.0 Å². The molecular weight excluding hydrogens is 224 g/mol. The molecule has 3 heteroatoms. The first kappa shape index (κ1) is 13.9. The quantitative estimate of drug-likeness (QED) is 0.811. The molecule has 0 aromatic carbocycles. The zero-order valence-electron chi connectivity index (χ0n) is 11.7. The van der Waals surface area contributed by atoms with Crippen LogP contribution in [0.3, 0.4) is 0 Å². The average molecular weight is 252 g/mol. The second kappa shape index (κ2) is 6.55. The van der Waals surface area contributed by atoms with Crippen molar-refractivity contribution < 1.29 is 4.79 Å². The van der Waals surface area contributed by atoms with Crippen molar-refractivity contribution in [2.45, 2.75) is 76.8 Å². The number of amides is 1. The molecule has 4 unspecified atom stereocenters. The highest BCUT2D eigenvalue weighted by molar-refractivity contribution is 5.79. The third kappa shape index (κ3) is 3.71. The number of carbonyl (C=O) groups is 1. The summed E-state index contributed by atoms with van der Waals surface area (Å²) in [6.45, 7) is 2.26. The van der Waals surface area contributed by atoms with E-state index >= 15 is 0 Å². The molecule has 2 saturated carbocycles. The van der Waals surface area contributed by atoms with Gasteiger partial charge in [-0.15, -0.1) is 0 Å². The van der Waals surface area contributed by atoms with Crippen molar-refractivity contribution in [3.63, 3.8) is 0 Å². The van der Waals surface area contributed by atoms with Crippen molar-refractivity contribution in [2.24, 2.45) is 17.6 Å². The molecule has 18 heavy (non-hydrogen) atoms. The first-order valence-electron chi connectivity index (χ1n) is 7.75. The van der Waals surface area contributed by atoms with Crippen LogP contribution in [0.15, 0.2) is 0 Å². The molecule has 1 amide bonds. The highest BCUT2D eigenvalue weighted by Crippen LogP contribution is 2.28. The van der Waals surface area contributed by atoms with Gasteiger partial charge in [-0.3, -0.25) is 4.79 Å². The fourth-order valence-corrected chi connectivity index (χ4v) is 3.58. The third-order valence-corrected chi connectivity index (χ3v) is 4.79. The van der Waals surface area contributed by atoms with E-state index in [1.54, 1.807) is 0 Å². The summed E-state index contributed by atoms with van der Waals surface area (Å²) in [6.07, 6.45) is 10.3. The molecule has 0 heterocycles. The number of hydrogen-bond donors (Lipinski definition) is 2. The van der Waals surface area contributed by atoms with Gasteiger partial charge in [0.25, 0.3) is 0 Å². The molecule has 4 atom stereocenters. The third-order valence-electron chi connectivity index (χ3n) is 4.79. The van der Waals surface area contributed by atoms with Crippen LogP contribution in [-0.2, 0) is 4.79 Å². The lowest BCUT2D eigenvalue weighted by Gasteiger charge is -2.32. The maximum Gasteiger partial charge on any atom is 0.223 e.